The van der Waals surface area contributed by atoms with E-state index in [1.807, 2.05) is 6.07 Å². The molecule has 5 heteroatoms. The molecule has 2 rings (SSSR count). The molecule has 1 fully saturated rings. The molecule has 0 spiro atoms. The summed E-state index contributed by atoms with van der Waals surface area (Å²) < 4.78 is 0. The molecule has 3 amide bonds. The third-order valence-electron chi connectivity index (χ3n) is 3.13. The number of benzene rings is 1. The van der Waals surface area contributed by atoms with Crippen LogP contribution in [0.5, 0.6) is 0 Å². The molecule has 5 nitrogen and oxygen atoms in total. The fourth-order valence-corrected chi connectivity index (χ4v) is 2.04. The van der Waals surface area contributed by atoms with E-state index < -0.39 is 0 Å². The van der Waals surface area contributed by atoms with Gasteiger partial charge in [0.25, 0.3) is 5.91 Å². The maximum atomic E-state index is 11.8. The first-order chi connectivity index (χ1) is 9.16. The van der Waals surface area contributed by atoms with Crippen LogP contribution in [0.3, 0.4) is 0 Å². The molecule has 0 radical (unpaired) electrons. The molecular weight excluding hydrogens is 244 g/mol. The molecule has 1 unspecified atom stereocenters. The van der Waals surface area contributed by atoms with Crippen LogP contribution < -0.4 is 10.6 Å². The zero-order chi connectivity index (χ0) is 13.7. The van der Waals surface area contributed by atoms with Crippen LogP contribution in [0.15, 0.2) is 30.3 Å². The Hall–Kier alpha value is -2.17. The van der Waals surface area contributed by atoms with Gasteiger partial charge in [0.2, 0.25) is 11.8 Å². The molecule has 1 aromatic rings. The Bertz CT molecular complexity index is 485. The second-order valence-electron chi connectivity index (χ2n) is 4.58. The number of rotatable bonds is 3. The highest BCUT2D eigenvalue weighted by Gasteiger charge is 2.24. The minimum absolute atomic E-state index is 0.205. The van der Waals surface area contributed by atoms with Gasteiger partial charge in [-0.2, -0.15) is 0 Å². The summed E-state index contributed by atoms with van der Waals surface area (Å²) in [5, 5.41) is 5.06. The minimum Gasteiger partial charge on any atom is -0.351 e. The van der Waals surface area contributed by atoms with E-state index in [1.54, 1.807) is 24.3 Å². The number of carbonyl (C=O) groups excluding carboxylic acids is 3. The van der Waals surface area contributed by atoms with Gasteiger partial charge in [0.05, 0.1) is 5.92 Å². The Labute approximate surface area is 111 Å². The molecule has 1 atom stereocenters. The van der Waals surface area contributed by atoms with Gasteiger partial charge in [-0.25, -0.2) is 0 Å². The Balaban J connectivity index is 1.89. The summed E-state index contributed by atoms with van der Waals surface area (Å²) in [5.41, 5.74) is 0.563. The van der Waals surface area contributed by atoms with E-state index in [4.69, 9.17) is 0 Å². The lowest BCUT2D eigenvalue weighted by molar-refractivity contribution is -0.131. The van der Waals surface area contributed by atoms with Crippen molar-refractivity contribution in [3.05, 3.63) is 35.9 Å². The Morgan fingerprint density at radius 1 is 1.26 bits per heavy atom. The number of carbonyl (C=O) groups is 3. The molecule has 1 aromatic carbocycles. The maximum absolute atomic E-state index is 11.8. The van der Waals surface area contributed by atoms with Crippen molar-refractivity contribution >= 4 is 17.7 Å². The summed E-state index contributed by atoms with van der Waals surface area (Å²) in [6.07, 6.45) is 1.66. The first-order valence-electron chi connectivity index (χ1n) is 6.34. The summed E-state index contributed by atoms with van der Waals surface area (Å²) in [6.45, 7) is 0.257. The molecule has 19 heavy (non-hydrogen) atoms. The van der Waals surface area contributed by atoms with Gasteiger partial charge in [-0.05, 0) is 25.0 Å². The van der Waals surface area contributed by atoms with Crippen LogP contribution in [0.25, 0.3) is 0 Å². The number of nitrogens with one attached hydrogen (secondary N) is 2. The average molecular weight is 260 g/mol. The highest BCUT2D eigenvalue weighted by atomic mass is 16.2. The number of hydrogen-bond acceptors (Lipinski definition) is 3. The minimum atomic E-state index is -0.334. The average Bonchev–Trinajstić information content (AvgIpc) is 2.58. The number of imide groups is 1. The summed E-state index contributed by atoms with van der Waals surface area (Å²) in [4.78, 5) is 34.7. The van der Waals surface area contributed by atoms with E-state index >= 15 is 0 Å². The van der Waals surface area contributed by atoms with Gasteiger partial charge < -0.3 is 5.32 Å². The highest BCUT2D eigenvalue weighted by Crippen LogP contribution is 2.12. The molecule has 1 aliphatic heterocycles. The molecule has 2 N–H and O–H groups in total. The third kappa shape index (κ3) is 3.64. The van der Waals surface area contributed by atoms with Crippen LogP contribution in [0.2, 0.25) is 0 Å². The van der Waals surface area contributed by atoms with Gasteiger partial charge in [0.15, 0.2) is 0 Å². The Morgan fingerprint density at radius 3 is 2.74 bits per heavy atom. The van der Waals surface area contributed by atoms with E-state index in [-0.39, 0.29) is 30.2 Å². The molecule has 0 aromatic heterocycles. The zero-order valence-corrected chi connectivity index (χ0v) is 10.5. The van der Waals surface area contributed by atoms with Gasteiger partial charge in [0, 0.05) is 18.5 Å². The van der Waals surface area contributed by atoms with Crippen molar-refractivity contribution in [2.45, 2.75) is 19.3 Å². The topological polar surface area (TPSA) is 75.3 Å². The molecule has 1 aliphatic rings. The first kappa shape index (κ1) is 13.3. The zero-order valence-electron chi connectivity index (χ0n) is 10.5. The first-order valence-corrected chi connectivity index (χ1v) is 6.34. The summed E-state index contributed by atoms with van der Waals surface area (Å²) in [5.74, 6) is -1.07. The number of hydrogen-bond donors (Lipinski definition) is 2. The van der Waals surface area contributed by atoms with Crippen LogP contribution in [0.4, 0.5) is 0 Å². The van der Waals surface area contributed by atoms with Crippen molar-refractivity contribution in [3.63, 3.8) is 0 Å². The fourth-order valence-electron chi connectivity index (χ4n) is 2.04. The van der Waals surface area contributed by atoms with Crippen molar-refractivity contribution in [1.82, 2.24) is 10.6 Å². The van der Waals surface area contributed by atoms with Crippen LogP contribution in [0, 0.1) is 5.92 Å². The lowest BCUT2D eigenvalue weighted by Gasteiger charge is -2.13. The van der Waals surface area contributed by atoms with Crippen LogP contribution in [-0.4, -0.2) is 24.3 Å². The normalized spacial score (nSPS) is 19.5. The maximum Gasteiger partial charge on any atom is 0.251 e. The van der Waals surface area contributed by atoms with Gasteiger partial charge in [-0.3, -0.25) is 19.7 Å². The Kier molecular flexibility index (Phi) is 4.28. The fraction of sp³-hybridized carbons (Fsp3) is 0.357. The molecule has 0 aliphatic carbocycles. The summed E-state index contributed by atoms with van der Waals surface area (Å²) in [6, 6.07) is 8.83. The van der Waals surface area contributed by atoms with Crippen molar-refractivity contribution in [3.8, 4) is 0 Å². The second-order valence-corrected chi connectivity index (χ2v) is 4.58. The van der Waals surface area contributed by atoms with Crippen LogP contribution >= 0.6 is 0 Å². The largest absolute Gasteiger partial charge is 0.351 e. The van der Waals surface area contributed by atoms with E-state index in [1.165, 1.54) is 0 Å². The monoisotopic (exact) mass is 260 g/mol. The summed E-state index contributed by atoms with van der Waals surface area (Å²) in [7, 11) is 0. The predicted octanol–water partition coefficient (Wildman–Crippen LogP) is 0.859. The third-order valence-corrected chi connectivity index (χ3v) is 3.13. The molecule has 0 saturated carbocycles. The van der Waals surface area contributed by atoms with E-state index in [9.17, 15) is 14.4 Å². The lowest BCUT2D eigenvalue weighted by Crippen LogP contribution is -2.39. The standard InChI is InChI=1S/C14H16N2O3/c17-12-8-4-7-11(14(19)16-12)9-15-13(18)10-5-2-1-3-6-10/h1-3,5-6,11H,4,7-9H2,(H,15,18)(H,16,17,19). The van der Waals surface area contributed by atoms with Crippen molar-refractivity contribution in [1.29, 1.82) is 0 Å². The van der Waals surface area contributed by atoms with Crippen LogP contribution in [0.1, 0.15) is 29.6 Å². The Morgan fingerprint density at radius 2 is 2.00 bits per heavy atom. The second kappa shape index (κ2) is 6.13. The van der Waals surface area contributed by atoms with Gasteiger partial charge in [0.1, 0.15) is 0 Å². The van der Waals surface area contributed by atoms with Gasteiger partial charge in [-0.1, -0.05) is 18.2 Å². The molecule has 0 bridgehead atoms. The quantitative estimate of drug-likeness (QED) is 0.791. The van der Waals surface area contributed by atoms with Crippen molar-refractivity contribution in [2.75, 3.05) is 6.54 Å². The molecule has 1 heterocycles. The molecule has 100 valence electrons. The van der Waals surface area contributed by atoms with E-state index in [0.29, 0.717) is 24.8 Å². The smallest absolute Gasteiger partial charge is 0.251 e. The van der Waals surface area contributed by atoms with Crippen molar-refractivity contribution in [2.24, 2.45) is 5.92 Å². The summed E-state index contributed by atoms with van der Waals surface area (Å²) >= 11 is 0. The van der Waals surface area contributed by atoms with Crippen molar-refractivity contribution < 1.29 is 14.4 Å². The van der Waals surface area contributed by atoms with Crippen LogP contribution in [-0.2, 0) is 9.59 Å². The van der Waals surface area contributed by atoms with E-state index in [0.717, 1.165) is 0 Å². The molecule has 1 saturated heterocycles. The SMILES string of the molecule is O=C1CCCC(CNC(=O)c2ccccc2)C(=O)N1. The van der Waals surface area contributed by atoms with E-state index in [2.05, 4.69) is 10.6 Å². The lowest BCUT2D eigenvalue weighted by atomic mass is 10.0. The van der Waals surface area contributed by atoms with Gasteiger partial charge >= 0.3 is 0 Å². The molecular formula is C14H16N2O3. The predicted molar refractivity (Wildman–Crippen MR) is 69.3 cm³/mol. The number of amides is 3. The van der Waals surface area contributed by atoms with Gasteiger partial charge in [-0.15, -0.1) is 0 Å². The highest BCUT2D eigenvalue weighted by molar-refractivity contribution is 5.98.